The molecule has 0 spiro atoms. The van der Waals surface area contributed by atoms with E-state index < -0.39 is 12.3 Å². The number of piperazine rings is 1. The maximum absolute atomic E-state index is 13.0. The van der Waals surface area contributed by atoms with Crippen LogP contribution in [0, 0.1) is 20.8 Å². The molecule has 4 aliphatic heterocycles. The maximum atomic E-state index is 13.0. The zero-order chi connectivity index (χ0) is 30.2. The Hall–Kier alpha value is -3.79. The number of benzene rings is 3. The van der Waals surface area contributed by atoms with Crippen molar-refractivity contribution in [2.24, 2.45) is 0 Å². The van der Waals surface area contributed by atoms with E-state index in [1.807, 2.05) is 56.1 Å². The van der Waals surface area contributed by atoms with E-state index in [0.717, 1.165) is 27.8 Å². The molecule has 7 rings (SSSR count). The third-order valence-electron chi connectivity index (χ3n) is 10.2. The van der Waals surface area contributed by atoms with Gasteiger partial charge in [-0.1, -0.05) is 36.4 Å². The molecule has 5 atom stereocenters. The number of aliphatic hydroxyl groups excluding tert-OH is 1. The molecule has 3 N–H and O–H groups in total. The van der Waals surface area contributed by atoms with E-state index in [4.69, 9.17) is 14.2 Å². The molecule has 9 nitrogen and oxygen atoms in total. The second kappa shape index (κ2) is 10.4. The minimum atomic E-state index is -0.897. The van der Waals surface area contributed by atoms with Gasteiger partial charge >= 0.3 is 5.97 Å². The number of fused-ring (bicyclic) bond motifs is 9. The molecule has 4 aliphatic rings. The number of aromatic hydroxyl groups is 2. The SMILES string of the molecule is Cc1cc2c(c(O)c1C)[C@H]1C3Cc4c(O)c(C)c5c(c4[C@H](COC(=O)CCc4ccccc4)N3[C@@H](O)[C@H](C2)N1C)OCO5. The van der Waals surface area contributed by atoms with Crippen molar-refractivity contribution >= 4 is 5.97 Å². The van der Waals surface area contributed by atoms with Crippen molar-refractivity contribution < 1.29 is 34.3 Å². The number of carbonyl (C=O) groups excluding carboxylic acids is 1. The minimum Gasteiger partial charge on any atom is -0.507 e. The molecular weight excluding hydrogens is 548 g/mol. The van der Waals surface area contributed by atoms with Crippen molar-refractivity contribution in [2.45, 2.75) is 76.8 Å². The number of carbonyl (C=O) groups is 1. The molecule has 2 bridgehead atoms. The summed E-state index contributed by atoms with van der Waals surface area (Å²) in [6.07, 6.45) is 0.855. The summed E-state index contributed by atoms with van der Waals surface area (Å²) < 4.78 is 17.7. The number of phenolic OH excluding ortho intramolecular Hbond substituents is 2. The summed E-state index contributed by atoms with van der Waals surface area (Å²) in [6.45, 7) is 5.72. The summed E-state index contributed by atoms with van der Waals surface area (Å²) in [5.41, 5.74) is 6.79. The van der Waals surface area contributed by atoms with Gasteiger partial charge in [0.05, 0.1) is 18.1 Å². The molecule has 1 fully saturated rings. The largest absolute Gasteiger partial charge is 0.507 e. The van der Waals surface area contributed by atoms with E-state index in [9.17, 15) is 20.1 Å². The third kappa shape index (κ3) is 4.28. The summed E-state index contributed by atoms with van der Waals surface area (Å²) >= 11 is 0. The highest BCUT2D eigenvalue weighted by Gasteiger charge is 2.56. The summed E-state index contributed by atoms with van der Waals surface area (Å²) in [6, 6.07) is 10.5. The highest BCUT2D eigenvalue weighted by molar-refractivity contribution is 5.70. The van der Waals surface area contributed by atoms with Crippen LogP contribution in [0.15, 0.2) is 36.4 Å². The number of aryl methyl sites for hydroxylation is 2. The molecule has 226 valence electrons. The molecular formula is C34H38N2O7. The molecule has 9 heteroatoms. The Morgan fingerprint density at radius 3 is 2.49 bits per heavy atom. The lowest BCUT2D eigenvalue weighted by atomic mass is 9.73. The average molecular weight is 587 g/mol. The van der Waals surface area contributed by atoms with Crippen LogP contribution in [-0.2, 0) is 28.8 Å². The minimum absolute atomic E-state index is 0.0233. The van der Waals surface area contributed by atoms with E-state index in [2.05, 4.69) is 11.0 Å². The lowest BCUT2D eigenvalue weighted by Gasteiger charge is -2.60. The van der Waals surface area contributed by atoms with Crippen LogP contribution in [0.25, 0.3) is 0 Å². The van der Waals surface area contributed by atoms with E-state index >= 15 is 0 Å². The van der Waals surface area contributed by atoms with Gasteiger partial charge in [0.15, 0.2) is 11.5 Å². The standard InChI is InChI=1S/C34H38N2O7/c1-17-12-21-13-24-34(40)36-23(29(35(24)4)27(21)31(39)18(17)2)14-22-28(33-32(42-16-43-33)19(3)30(22)38)25(36)15-41-26(37)11-10-20-8-6-5-7-9-20/h5-9,12,23-25,29,34,38-40H,10-11,13-16H2,1-4H3/t23?,24-,25-,29+,34-/m0/s1. The van der Waals surface area contributed by atoms with Crippen LogP contribution in [-0.4, -0.2) is 69.8 Å². The first-order chi connectivity index (χ1) is 20.7. The van der Waals surface area contributed by atoms with Crippen LogP contribution in [0.1, 0.15) is 63.0 Å². The Balaban J connectivity index is 1.30. The van der Waals surface area contributed by atoms with E-state index in [1.165, 1.54) is 0 Å². The summed E-state index contributed by atoms with van der Waals surface area (Å²) in [5, 5.41) is 35.0. The smallest absolute Gasteiger partial charge is 0.306 e. The Labute approximate surface area is 251 Å². The normalized spacial score (nSPS) is 25.6. The van der Waals surface area contributed by atoms with Gasteiger partial charge < -0.3 is 29.5 Å². The molecule has 3 aromatic carbocycles. The van der Waals surface area contributed by atoms with Gasteiger partial charge in [-0.15, -0.1) is 0 Å². The molecule has 1 unspecified atom stereocenters. The van der Waals surface area contributed by atoms with Crippen LogP contribution in [0.2, 0.25) is 0 Å². The van der Waals surface area contributed by atoms with Crippen molar-refractivity contribution in [3.8, 4) is 23.0 Å². The molecule has 4 heterocycles. The number of nitrogens with zero attached hydrogens (tertiary/aromatic N) is 2. The highest BCUT2D eigenvalue weighted by Crippen LogP contribution is 2.57. The molecule has 0 amide bonds. The number of likely N-dealkylation sites (N-methyl/N-ethyl adjacent to an activating group) is 1. The molecule has 0 saturated carbocycles. The Morgan fingerprint density at radius 2 is 1.72 bits per heavy atom. The molecule has 1 saturated heterocycles. The van der Waals surface area contributed by atoms with Gasteiger partial charge in [-0.05, 0) is 69.3 Å². The van der Waals surface area contributed by atoms with Gasteiger partial charge in [0.1, 0.15) is 24.3 Å². The first-order valence-electron chi connectivity index (χ1n) is 15.0. The summed E-state index contributed by atoms with van der Waals surface area (Å²) in [5.74, 6) is 1.07. The Morgan fingerprint density at radius 1 is 0.977 bits per heavy atom. The zero-order valence-corrected chi connectivity index (χ0v) is 25.0. The fraction of sp³-hybridized carbons (Fsp3) is 0.441. The van der Waals surface area contributed by atoms with Crippen molar-refractivity contribution in [3.63, 3.8) is 0 Å². The average Bonchev–Trinajstić information content (AvgIpc) is 3.49. The number of phenols is 2. The zero-order valence-electron chi connectivity index (χ0n) is 25.0. The fourth-order valence-corrected chi connectivity index (χ4v) is 7.81. The van der Waals surface area contributed by atoms with Crippen LogP contribution >= 0.6 is 0 Å². The van der Waals surface area contributed by atoms with Crippen molar-refractivity contribution in [3.05, 3.63) is 80.9 Å². The van der Waals surface area contributed by atoms with Gasteiger partial charge in [0, 0.05) is 34.7 Å². The second-order valence-corrected chi connectivity index (χ2v) is 12.4. The summed E-state index contributed by atoms with van der Waals surface area (Å²) in [7, 11) is 1.99. The molecule has 3 aromatic rings. The molecule has 0 aromatic heterocycles. The van der Waals surface area contributed by atoms with Crippen molar-refractivity contribution in [1.82, 2.24) is 9.80 Å². The predicted molar refractivity (Wildman–Crippen MR) is 158 cm³/mol. The van der Waals surface area contributed by atoms with Gasteiger partial charge in [-0.3, -0.25) is 14.6 Å². The van der Waals surface area contributed by atoms with Gasteiger partial charge in [-0.2, -0.15) is 0 Å². The summed E-state index contributed by atoms with van der Waals surface area (Å²) in [4.78, 5) is 17.2. The number of aliphatic hydroxyl groups is 1. The predicted octanol–water partition coefficient (Wildman–Crippen LogP) is 4.13. The number of rotatable bonds is 5. The van der Waals surface area contributed by atoms with Crippen molar-refractivity contribution in [1.29, 1.82) is 0 Å². The maximum Gasteiger partial charge on any atom is 0.306 e. The van der Waals surface area contributed by atoms with Gasteiger partial charge in [0.2, 0.25) is 6.79 Å². The van der Waals surface area contributed by atoms with Gasteiger partial charge in [-0.25, -0.2) is 0 Å². The quantitative estimate of drug-likeness (QED) is 0.380. The molecule has 0 radical (unpaired) electrons. The lowest BCUT2D eigenvalue weighted by molar-refractivity contribution is -0.183. The Kier molecular flexibility index (Phi) is 6.80. The third-order valence-corrected chi connectivity index (χ3v) is 10.2. The monoisotopic (exact) mass is 586 g/mol. The number of hydrogen-bond donors (Lipinski definition) is 3. The number of hydrogen-bond acceptors (Lipinski definition) is 9. The second-order valence-electron chi connectivity index (χ2n) is 12.4. The van der Waals surface area contributed by atoms with E-state index in [1.54, 1.807) is 6.92 Å². The number of ether oxygens (including phenoxy) is 3. The number of esters is 1. The first-order valence-corrected chi connectivity index (χ1v) is 15.0. The first kappa shape index (κ1) is 28.0. The van der Waals surface area contributed by atoms with Crippen LogP contribution < -0.4 is 9.47 Å². The van der Waals surface area contributed by atoms with Crippen LogP contribution in [0.4, 0.5) is 0 Å². The van der Waals surface area contributed by atoms with Gasteiger partial charge in [0.25, 0.3) is 0 Å². The molecule has 43 heavy (non-hydrogen) atoms. The molecule has 0 aliphatic carbocycles. The van der Waals surface area contributed by atoms with Crippen LogP contribution in [0.5, 0.6) is 23.0 Å². The lowest BCUT2D eigenvalue weighted by Crippen LogP contribution is -2.68. The fourth-order valence-electron chi connectivity index (χ4n) is 7.81. The van der Waals surface area contributed by atoms with Crippen LogP contribution in [0.3, 0.4) is 0 Å². The topological polar surface area (TPSA) is 112 Å². The Bertz CT molecular complexity index is 1610. The van der Waals surface area contributed by atoms with E-state index in [0.29, 0.717) is 47.5 Å². The highest BCUT2D eigenvalue weighted by atomic mass is 16.7. The van der Waals surface area contributed by atoms with E-state index in [-0.39, 0.29) is 55.4 Å². The van der Waals surface area contributed by atoms with Crippen molar-refractivity contribution in [2.75, 3.05) is 20.4 Å².